The van der Waals surface area contributed by atoms with Crippen molar-refractivity contribution in [2.24, 2.45) is 0 Å². The quantitative estimate of drug-likeness (QED) is 0.305. The molecule has 0 aliphatic rings. The molecule has 0 spiro atoms. The number of hydrogen-bond acceptors (Lipinski definition) is 4. The van der Waals surface area contributed by atoms with Crippen molar-refractivity contribution in [2.45, 2.75) is 71.1 Å². The number of unbranched alkanes of at least 4 members (excludes halogenated alkanes) is 9. The van der Waals surface area contributed by atoms with Crippen LogP contribution in [0.5, 0.6) is 0 Å². The smallest absolute Gasteiger partial charge is 0.0701 e. The lowest BCUT2D eigenvalue weighted by atomic mass is 10.1. The lowest BCUT2D eigenvalue weighted by Crippen LogP contribution is -2.11. The minimum atomic E-state index is 0.627. The highest BCUT2D eigenvalue weighted by atomic mass is 16.6. The highest BCUT2D eigenvalue weighted by Crippen LogP contribution is 2.10. The van der Waals surface area contributed by atoms with E-state index in [1.165, 1.54) is 64.2 Å². The molecule has 0 rings (SSSR count). The summed E-state index contributed by atoms with van der Waals surface area (Å²) in [6, 6.07) is 0. The summed E-state index contributed by atoms with van der Waals surface area (Å²) in [5.74, 6) is 0. The Morgan fingerprint density at radius 2 is 0.826 bits per heavy atom. The standard InChI is InChI=1S/C19H40O4/c1-3-4-5-6-7-8-9-10-11-12-13-21-16-17-23-19-18-22-15-14-20-2/h3-19H2,1-2H3. The monoisotopic (exact) mass is 332 g/mol. The minimum Gasteiger partial charge on any atom is -0.382 e. The van der Waals surface area contributed by atoms with Gasteiger partial charge in [-0.25, -0.2) is 0 Å². The summed E-state index contributed by atoms with van der Waals surface area (Å²) < 4.78 is 21.2. The molecule has 0 aromatic heterocycles. The van der Waals surface area contributed by atoms with Crippen LogP contribution in [0.3, 0.4) is 0 Å². The molecule has 0 saturated heterocycles. The van der Waals surface area contributed by atoms with Gasteiger partial charge >= 0.3 is 0 Å². The molecule has 0 bridgehead atoms. The van der Waals surface area contributed by atoms with Crippen LogP contribution < -0.4 is 0 Å². The first-order valence-corrected chi connectivity index (χ1v) is 9.64. The molecule has 0 aliphatic heterocycles. The van der Waals surface area contributed by atoms with E-state index in [0.717, 1.165) is 6.61 Å². The Morgan fingerprint density at radius 1 is 0.435 bits per heavy atom. The van der Waals surface area contributed by atoms with Crippen molar-refractivity contribution in [1.29, 1.82) is 0 Å². The first-order valence-electron chi connectivity index (χ1n) is 9.64. The van der Waals surface area contributed by atoms with Crippen LogP contribution in [0, 0.1) is 0 Å². The van der Waals surface area contributed by atoms with Crippen LogP contribution in [0.4, 0.5) is 0 Å². The predicted octanol–water partition coefficient (Wildman–Crippen LogP) is 4.60. The average molecular weight is 333 g/mol. The summed E-state index contributed by atoms with van der Waals surface area (Å²) in [5.41, 5.74) is 0. The molecule has 0 aromatic rings. The molecule has 23 heavy (non-hydrogen) atoms. The van der Waals surface area contributed by atoms with E-state index in [0.29, 0.717) is 39.6 Å². The highest BCUT2D eigenvalue weighted by Gasteiger charge is 1.94. The molecular formula is C19H40O4. The van der Waals surface area contributed by atoms with E-state index >= 15 is 0 Å². The van der Waals surface area contributed by atoms with Crippen molar-refractivity contribution < 1.29 is 18.9 Å². The van der Waals surface area contributed by atoms with E-state index < -0.39 is 0 Å². The zero-order valence-electron chi connectivity index (χ0n) is 15.7. The van der Waals surface area contributed by atoms with Gasteiger partial charge in [0.2, 0.25) is 0 Å². The third-order valence-electron chi connectivity index (χ3n) is 3.82. The molecule has 0 N–H and O–H groups in total. The fourth-order valence-corrected chi connectivity index (χ4v) is 2.38. The van der Waals surface area contributed by atoms with Gasteiger partial charge in [-0.1, -0.05) is 64.7 Å². The van der Waals surface area contributed by atoms with Gasteiger partial charge in [-0.3, -0.25) is 0 Å². The molecule has 0 atom stereocenters. The van der Waals surface area contributed by atoms with Gasteiger partial charge in [-0.15, -0.1) is 0 Å². The zero-order chi connectivity index (χ0) is 16.8. The van der Waals surface area contributed by atoms with Crippen LogP contribution in [-0.4, -0.2) is 53.4 Å². The molecule has 4 heteroatoms. The molecule has 4 nitrogen and oxygen atoms in total. The number of ether oxygens (including phenoxy) is 4. The Labute approximate surface area is 144 Å². The normalized spacial score (nSPS) is 11.2. The highest BCUT2D eigenvalue weighted by molar-refractivity contribution is 4.47. The molecular weight excluding hydrogens is 292 g/mol. The summed E-state index contributed by atoms with van der Waals surface area (Å²) in [7, 11) is 1.67. The topological polar surface area (TPSA) is 36.9 Å². The third kappa shape index (κ3) is 21.8. The van der Waals surface area contributed by atoms with Crippen LogP contribution >= 0.6 is 0 Å². The summed E-state index contributed by atoms with van der Waals surface area (Å²) >= 11 is 0. The molecule has 0 aliphatic carbocycles. The molecule has 0 unspecified atom stereocenters. The van der Waals surface area contributed by atoms with Crippen molar-refractivity contribution >= 4 is 0 Å². The van der Waals surface area contributed by atoms with Crippen molar-refractivity contribution in [3.8, 4) is 0 Å². The van der Waals surface area contributed by atoms with Crippen LogP contribution in [0.25, 0.3) is 0 Å². The second kappa shape index (κ2) is 21.8. The lowest BCUT2D eigenvalue weighted by Gasteiger charge is -2.06. The van der Waals surface area contributed by atoms with Crippen molar-refractivity contribution in [3.05, 3.63) is 0 Å². The van der Waals surface area contributed by atoms with Gasteiger partial charge in [0.1, 0.15) is 0 Å². The first-order chi connectivity index (χ1) is 11.4. The average Bonchev–Trinajstić information content (AvgIpc) is 2.57. The second-order valence-corrected chi connectivity index (χ2v) is 6.01. The van der Waals surface area contributed by atoms with Gasteiger partial charge in [0, 0.05) is 13.7 Å². The van der Waals surface area contributed by atoms with E-state index in [1.54, 1.807) is 7.11 Å². The molecule has 0 saturated carbocycles. The number of methoxy groups -OCH3 is 1. The van der Waals surface area contributed by atoms with Gasteiger partial charge in [0.05, 0.1) is 39.6 Å². The Balaban J connectivity index is 2.92. The first kappa shape index (κ1) is 22.8. The van der Waals surface area contributed by atoms with E-state index in [2.05, 4.69) is 6.92 Å². The summed E-state index contributed by atoms with van der Waals surface area (Å²) in [5, 5.41) is 0. The SMILES string of the molecule is CCCCCCCCCCCCOCCOCCOCCOC. The van der Waals surface area contributed by atoms with Crippen LogP contribution in [0.1, 0.15) is 71.1 Å². The van der Waals surface area contributed by atoms with Gasteiger partial charge in [-0.05, 0) is 6.42 Å². The Bertz CT molecular complexity index is 180. The van der Waals surface area contributed by atoms with E-state index in [1.807, 2.05) is 0 Å². The number of rotatable bonds is 20. The largest absolute Gasteiger partial charge is 0.382 e. The Hall–Kier alpha value is -0.160. The van der Waals surface area contributed by atoms with Gasteiger partial charge in [-0.2, -0.15) is 0 Å². The maximum absolute atomic E-state index is 5.56. The van der Waals surface area contributed by atoms with Gasteiger partial charge in [0.15, 0.2) is 0 Å². The fraction of sp³-hybridized carbons (Fsp3) is 1.00. The Morgan fingerprint density at radius 3 is 1.30 bits per heavy atom. The van der Waals surface area contributed by atoms with Crippen molar-refractivity contribution in [2.75, 3.05) is 53.4 Å². The number of hydrogen-bond donors (Lipinski definition) is 0. The Kier molecular flexibility index (Phi) is 21.7. The predicted molar refractivity (Wildman–Crippen MR) is 96.2 cm³/mol. The van der Waals surface area contributed by atoms with Crippen LogP contribution in [0.15, 0.2) is 0 Å². The van der Waals surface area contributed by atoms with E-state index in [-0.39, 0.29) is 0 Å². The third-order valence-corrected chi connectivity index (χ3v) is 3.82. The molecule has 0 radical (unpaired) electrons. The second-order valence-electron chi connectivity index (χ2n) is 6.01. The molecule has 0 fully saturated rings. The fourth-order valence-electron chi connectivity index (χ4n) is 2.38. The van der Waals surface area contributed by atoms with Gasteiger partial charge in [0.25, 0.3) is 0 Å². The summed E-state index contributed by atoms with van der Waals surface area (Å²) in [6.07, 6.45) is 13.6. The van der Waals surface area contributed by atoms with E-state index in [4.69, 9.17) is 18.9 Å². The zero-order valence-corrected chi connectivity index (χ0v) is 15.7. The lowest BCUT2D eigenvalue weighted by molar-refractivity contribution is 0.00323. The van der Waals surface area contributed by atoms with Crippen molar-refractivity contribution in [1.82, 2.24) is 0 Å². The maximum Gasteiger partial charge on any atom is 0.0701 e. The minimum absolute atomic E-state index is 0.627. The van der Waals surface area contributed by atoms with Gasteiger partial charge < -0.3 is 18.9 Å². The van der Waals surface area contributed by atoms with Crippen LogP contribution in [0.2, 0.25) is 0 Å². The summed E-state index contributed by atoms with van der Waals surface area (Å²) in [4.78, 5) is 0. The summed E-state index contributed by atoms with van der Waals surface area (Å²) in [6.45, 7) is 7.02. The molecule has 0 amide bonds. The molecule has 140 valence electrons. The van der Waals surface area contributed by atoms with E-state index in [9.17, 15) is 0 Å². The van der Waals surface area contributed by atoms with Crippen LogP contribution in [-0.2, 0) is 18.9 Å². The molecule has 0 heterocycles. The molecule has 0 aromatic carbocycles. The maximum atomic E-state index is 5.56. The van der Waals surface area contributed by atoms with Crippen molar-refractivity contribution in [3.63, 3.8) is 0 Å².